The van der Waals surface area contributed by atoms with Crippen LogP contribution in [0.4, 0.5) is 15.8 Å². The first-order chi connectivity index (χ1) is 7.00. The molecular weight excluding hydrogens is 193 g/mol. The second kappa shape index (κ2) is 4.98. The number of hydrogen-bond donors (Lipinski definition) is 2. The Kier molecular flexibility index (Phi) is 3.91. The minimum atomic E-state index is -0.378. The third-order valence-corrected chi connectivity index (χ3v) is 2.09. The summed E-state index contributed by atoms with van der Waals surface area (Å²) in [6.07, 6.45) is 0. The van der Waals surface area contributed by atoms with Gasteiger partial charge in [-0.3, -0.25) is 0 Å². The van der Waals surface area contributed by atoms with E-state index >= 15 is 0 Å². The molecule has 0 fully saturated rings. The van der Waals surface area contributed by atoms with Gasteiger partial charge >= 0.3 is 0 Å². The summed E-state index contributed by atoms with van der Waals surface area (Å²) >= 11 is 0. The van der Waals surface area contributed by atoms with Crippen LogP contribution in [-0.2, 0) is 0 Å². The van der Waals surface area contributed by atoms with Crippen molar-refractivity contribution in [2.45, 2.75) is 13.0 Å². The van der Waals surface area contributed by atoms with E-state index in [0.29, 0.717) is 5.69 Å². The van der Waals surface area contributed by atoms with Crippen molar-refractivity contribution in [1.82, 2.24) is 4.90 Å². The fourth-order valence-electron chi connectivity index (χ4n) is 1.52. The fourth-order valence-corrected chi connectivity index (χ4v) is 1.52. The SMILES string of the molecule is CC(CN(C)C)Nc1cccc(F)c1N. The van der Waals surface area contributed by atoms with Gasteiger partial charge in [0, 0.05) is 12.6 Å². The molecule has 1 aromatic carbocycles. The van der Waals surface area contributed by atoms with Gasteiger partial charge in [0.15, 0.2) is 0 Å². The first kappa shape index (κ1) is 11.8. The number of nitrogen functional groups attached to an aromatic ring is 1. The summed E-state index contributed by atoms with van der Waals surface area (Å²) in [4.78, 5) is 2.06. The number of para-hydroxylation sites is 1. The van der Waals surface area contributed by atoms with E-state index in [1.165, 1.54) is 6.07 Å². The number of nitrogens with two attached hydrogens (primary N) is 1. The lowest BCUT2D eigenvalue weighted by Crippen LogP contribution is -2.29. The molecule has 1 unspecified atom stereocenters. The van der Waals surface area contributed by atoms with Gasteiger partial charge in [0.05, 0.1) is 11.4 Å². The van der Waals surface area contributed by atoms with Crippen LogP contribution in [-0.4, -0.2) is 31.6 Å². The molecule has 3 N–H and O–H groups in total. The van der Waals surface area contributed by atoms with Crippen LogP contribution in [0.15, 0.2) is 18.2 Å². The first-order valence-corrected chi connectivity index (χ1v) is 4.96. The van der Waals surface area contributed by atoms with Gasteiger partial charge in [0.1, 0.15) is 5.82 Å². The number of benzene rings is 1. The molecule has 0 heterocycles. The molecule has 0 bridgehead atoms. The van der Waals surface area contributed by atoms with E-state index in [1.54, 1.807) is 12.1 Å². The average molecular weight is 211 g/mol. The van der Waals surface area contributed by atoms with Gasteiger partial charge in [-0.15, -0.1) is 0 Å². The van der Waals surface area contributed by atoms with Crippen LogP contribution in [0.25, 0.3) is 0 Å². The van der Waals surface area contributed by atoms with Crippen molar-refractivity contribution in [3.05, 3.63) is 24.0 Å². The van der Waals surface area contributed by atoms with Crippen LogP contribution in [0.2, 0.25) is 0 Å². The van der Waals surface area contributed by atoms with E-state index < -0.39 is 0 Å². The normalized spacial score (nSPS) is 12.9. The molecule has 1 atom stereocenters. The zero-order chi connectivity index (χ0) is 11.4. The molecule has 4 heteroatoms. The maximum Gasteiger partial charge on any atom is 0.148 e. The van der Waals surface area contributed by atoms with E-state index in [-0.39, 0.29) is 17.5 Å². The van der Waals surface area contributed by atoms with Gasteiger partial charge in [-0.25, -0.2) is 4.39 Å². The molecule has 0 aromatic heterocycles. The Balaban J connectivity index is 2.68. The Bertz CT molecular complexity index is 326. The van der Waals surface area contributed by atoms with Crippen molar-refractivity contribution < 1.29 is 4.39 Å². The van der Waals surface area contributed by atoms with Gasteiger partial charge in [0.2, 0.25) is 0 Å². The molecule has 0 spiro atoms. The number of likely N-dealkylation sites (N-methyl/N-ethyl adjacent to an activating group) is 1. The fraction of sp³-hybridized carbons (Fsp3) is 0.455. The van der Waals surface area contributed by atoms with E-state index in [9.17, 15) is 4.39 Å². The van der Waals surface area contributed by atoms with E-state index in [2.05, 4.69) is 10.2 Å². The predicted molar refractivity (Wildman–Crippen MR) is 62.5 cm³/mol. The predicted octanol–water partition coefficient (Wildman–Crippen LogP) is 1.77. The number of rotatable bonds is 4. The Morgan fingerprint density at radius 2 is 2.13 bits per heavy atom. The molecule has 0 aliphatic rings. The van der Waals surface area contributed by atoms with Gasteiger partial charge in [-0.2, -0.15) is 0 Å². The number of halogens is 1. The summed E-state index contributed by atoms with van der Waals surface area (Å²) in [6.45, 7) is 2.90. The number of nitrogens with one attached hydrogen (secondary N) is 1. The smallest absolute Gasteiger partial charge is 0.148 e. The number of anilines is 2. The van der Waals surface area contributed by atoms with Crippen LogP contribution in [0, 0.1) is 5.82 Å². The summed E-state index contributed by atoms with van der Waals surface area (Å²) in [5.41, 5.74) is 6.45. The zero-order valence-electron chi connectivity index (χ0n) is 9.42. The second-order valence-corrected chi connectivity index (χ2v) is 4.01. The van der Waals surface area contributed by atoms with E-state index in [1.807, 2.05) is 21.0 Å². The number of nitrogens with zero attached hydrogens (tertiary/aromatic N) is 1. The van der Waals surface area contributed by atoms with E-state index in [0.717, 1.165) is 6.54 Å². The Morgan fingerprint density at radius 1 is 1.47 bits per heavy atom. The summed E-state index contributed by atoms with van der Waals surface area (Å²) in [6, 6.07) is 5.02. The summed E-state index contributed by atoms with van der Waals surface area (Å²) in [5, 5.41) is 3.18. The molecule has 0 aliphatic heterocycles. The quantitative estimate of drug-likeness (QED) is 0.746. The lowest BCUT2D eigenvalue weighted by atomic mass is 10.2. The van der Waals surface area contributed by atoms with Gasteiger partial charge in [0.25, 0.3) is 0 Å². The zero-order valence-corrected chi connectivity index (χ0v) is 9.42. The van der Waals surface area contributed by atoms with Crippen molar-refractivity contribution in [3.63, 3.8) is 0 Å². The molecule has 0 radical (unpaired) electrons. The van der Waals surface area contributed by atoms with Gasteiger partial charge in [-0.1, -0.05) is 6.07 Å². The van der Waals surface area contributed by atoms with Crippen molar-refractivity contribution in [2.24, 2.45) is 0 Å². The maximum absolute atomic E-state index is 13.1. The van der Waals surface area contributed by atoms with Gasteiger partial charge < -0.3 is 16.0 Å². The summed E-state index contributed by atoms with van der Waals surface area (Å²) in [7, 11) is 3.99. The Morgan fingerprint density at radius 3 is 2.73 bits per heavy atom. The largest absolute Gasteiger partial charge is 0.395 e. The van der Waals surface area contributed by atoms with Crippen LogP contribution < -0.4 is 11.1 Å². The molecule has 0 saturated carbocycles. The van der Waals surface area contributed by atoms with Crippen LogP contribution in [0.5, 0.6) is 0 Å². The molecule has 1 rings (SSSR count). The maximum atomic E-state index is 13.1. The molecule has 0 saturated heterocycles. The van der Waals surface area contributed by atoms with Crippen molar-refractivity contribution in [2.75, 3.05) is 31.7 Å². The number of hydrogen-bond acceptors (Lipinski definition) is 3. The summed E-state index contributed by atoms with van der Waals surface area (Å²) < 4.78 is 13.1. The second-order valence-electron chi connectivity index (χ2n) is 4.01. The van der Waals surface area contributed by atoms with Crippen molar-refractivity contribution in [3.8, 4) is 0 Å². The third-order valence-electron chi connectivity index (χ3n) is 2.09. The molecule has 3 nitrogen and oxygen atoms in total. The first-order valence-electron chi connectivity index (χ1n) is 4.96. The molecule has 1 aromatic rings. The van der Waals surface area contributed by atoms with Crippen molar-refractivity contribution >= 4 is 11.4 Å². The minimum Gasteiger partial charge on any atom is -0.395 e. The van der Waals surface area contributed by atoms with Gasteiger partial charge in [-0.05, 0) is 33.2 Å². The lowest BCUT2D eigenvalue weighted by molar-refractivity contribution is 0.392. The van der Waals surface area contributed by atoms with Crippen LogP contribution >= 0.6 is 0 Å². The standard InChI is InChI=1S/C11H18FN3/c1-8(7-15(2)3)14-10-6-4-5-9(12)11(10)13/h4-6,8,14H,7,13H2,1-3H3. The molecule has 15 heavy (non-hydrogen) atoms. The summed E-state index contributed by atoms with van der Waals surface area (Å²) in [5.74, 6) is -0.378. The third kappa shape index (κ3) is 3.40. The van der Waals surface area contributed by atoms with E-state index in [4.69, 9.17) is 5.73 Å². The Labute approximate surface area is 90.1 Å². The topological polar surface area (TPSA) is 41.3 Å². The Hall–Kier alpha value is -1.29. The monoisotopic (exact) mass is 211 g/mol. The minimum absolute atomic E-state index is 0.183. The molecular formula is C11H18FN3. The van der Waals surface area contributed by atoms with Crippen molar-refractivity contribution in [1.29, 1.82) is 0 Å². The lowest BCUT2D eigenvalue weighted by Gasteiger charge is -2.20. The molecule has 0 amide bonds. The van der Waals surface area contributed by atoms with Crippen LogP contribution in [0.3, 0.4) is 0 Å². The molecule has 84 valence electrons. The molecule has 0 aliphatic carbocycles. The highest BCUT2D eigenvalue weighted by Crippen LogP contribution is 2.21. The average Bonchev–Trinajstić information content (AvgIpc) is 2.11. The highest BCUT2D eigenvalue weighted by Gasteiger charge is 2.07. The van der Waals surface area contributed by atoms with Crippen LogP contribution in [0.1, 0.15) is 6.92 Å². The highest BCUT2D eigenvalue weighted by atomic mass is 19.1. The highest BCUT2D eigenvalue weighted by molar-refractivity contribution is 5.66.